The smallest absolute Gasteiger partial charge is 0.257 e. The van der Waals surface area contributed by atoms with Crippen molar-refractivity contribution >= 4 is 5.91 Å². The van der Waals surface area contributed by atoms with Crippen molar-refractivity contribution in [2.24, 2.45) is 0 Å². The van der Waals surface area contributed by atoms with Gasteiger partial charge in [0.1, 0.15) is 5.56 Å². The number of aliphatic hydroxyl groups is 1. The molecule has 1 rings (SSSR count). The first kappa shape index (κ1) is 16.3. The second kappa shape index (κ2) is 6.62. The minimum atomic E-state index is -2.35. The molecule has 0 saturated carbocycles. The molecule has 0 saturated heterocycles. The fraction of sp³-hybridized carbons (Fsp3) is 0.364. The van der Waals surface area contributed by atoms with E-state index < -0.39 is 53.2 Å². The number of carbonyl (C=O) groups is 1. The van der Waals surface area contributed by atoms with Crippen LogP contribution in [0.1, 0.15) is 10.4 Å². The van der Waals surface area contributed by atoms with Crippen LogP contribution >= 0.6 is 0 Å². The van der Waals surface area contributed by atoms with E-state index in [0.717, 1.165) is 0 Å². The highest BCUT2D eigenvalue weighted by Gasteiger charge is 2.29. The highest BCUT2D eigenvalue weighted by Crippen LogP contribution is 2.22. The van der Waals surface area contributed by atoms with Gasteiger partial charge in [0.25, 0.3) is 5.91 Å². The summed E-state index contributed by atoms with van der Waals surface area (Å²) < 4.78 is 69.5. The van der Waals surface area contributed by atoms with Gasteiger partial charge in [0.05, 0.1) is 12.7 Å². The lowest BCUT2D eigenvalue weighted by Gasteiger charge is -2.12. The number of amides is 1. The van der Waals surface area contributed by atoms with Gasteiger partial charge in [-0.15, -0.1) is 0 Å². The maximum atomic E-state index is 13.3. The average molecular weight is 299 g/mol. The molecule has 20 heavy (non-hydrogen) atoms. The Kier molecular flexibility index (Phi) is 5.40. The van der Waals surface area contributed by atoms with Crippen LogP contribution in [0.4, 0.5) is 22.0 Å². The summed E-state index contributed by atoms with van der Waals surface area (Å²) in [6.45, 7) is -0.663. The van der Waals surface area contributed by atoms with Gasteiger partial charge in [-0.1, -0.05) is 0 Å². The van der Waals surface area contributed by atoms with E-state index in [-0.39, 0.29) is 6.61 Å². The van der Waals surface area contributed by atoms with Gasteiger partial charge in [0, 0.05) is 13.7 Å². The molecule has 1 unspecified atom stereocenters. The van der Waals surface area contributed by atoms with Crippen molar-refractivity contribution in [1.29, 1.82) is 0 Å². The number of carbonyl (C=O) groups excluding carboxylic acids is 1. The molecule has 1 aromatic carbocycles. The van der Waals surface area contributed by atoms with E-state index >= 15 is 0 Å². The maximum absolute atomic E-state index is 13.3. The maximum Gasteiger partial charge on any atom is 0.257 e. The van der Waals surface area contributed by atoms with Crippen LogP contribution in [0, 0.1) is 29.1 Å². The number of benzene rings is 1. The summed E-state index contributed by atoms with van der Waals surface area (Å²) in [5.41, 5.74) is -1.61. The summed E-state index contributed by atoms with van der Waals surface area (Å²) in [5.74, 6) is -12.8. The van der Waals surface area contributed by atoms with E-state index in [4.69, 9.17) is 0 Å². The standard InChI is InChI=1S/C11H10F5NO3/c1-20-3-4(18)2-17-11(19)5-6(12)8(14)10(16)9(15)7(5)13/h4,18H,2-3H2,1H3,(H,17,19). The van der Waals surface area contributed by atoms with Gasteiger partial charge < -0.3 is 15.2 Å². The van der Waals surface area contributed by atoms with Crippen LogP contribution in [0.5, 0.6) is 0 Å². The largest absolute Gasteiger partial charge is 0.389 e. The number of halogens is 5. The van der Waals surface area contributed by atoms with Gasteiger partial charge in [0.2, 0.25) is 5.82 Å². The zero-order chi connectivity index (χ0) is 15.4. The highest BCUT2D eigenvalue weighted by atomic mass is 19.2. The topological polar surface area (TPSA) is 58.6 Å². The Morgan fingerprint density at radius 1 is 1.10 bits per heavy atom. The van der Waals surface area contributed by atoms with Gasteiger partial charge in [-0.2, -0.15) is 0 Å². The number of methoxy groups -OCH3 is 1. The molecule has 4 nitrogen and oxygen atoms in total. The highest BCUT2D eigenvalue weighted by molar-refractivity contribution is 5.94. The lowest BCUT2D eigenvalue weighted by molar-refractivity contribution is 0.0607. The van der Waals surface area contributed by atoms with Crippen LogP contribution in [0.2, 0.25) is 0 Å². The average Bonchev–Trinajstić information content (AvgIpc) is 2.41. The molecule has 0 heterocycles. The molecule has 0 bridgehead atoms. The first-order valence-electron chi connectivity index (χ1n) is 5.27. The summed E-state index contributed by atoms with van der Waals surface area (Å²) in [5, 5.41) is 11.0. The zero-order valence-electron chi connectivity index (χ0n) is 10.1. The molecule has 0 radical (unpaired) electrons. The van der Waals surface area contributed by atoms with Gasteiger partial charge in [-0.25, -0.2) is 22.0 Å². The predicted octanol–water partition coefficient (Wildman–Crippen LogP) is 1.12. The molecule has 0 aromatic heterocycles. The molecule has 1 amide bonds. The van der Waals surface area contributed by atoms with E-state index in [1.54, 1.807) is 0 Å². The molecule has 1 atom stereocenters. The summed E-state index contributed by atoms with van der Waals surface area (Å²) in [7, 11) is 1.26. The van der Waals surface area contributed by atoms with Crippen molar-refractivity contribution in [3.63, 3.8) is 0 Å². The van der Waals surface area contributed by atoms with Crippen LogP contribution in [-0.4, -0.2) is 37.4 Å². The molecule has 0 aliphatic heterocycles. The molecule has 0 aliphatic rings. The van der Waals surface area contributed by atoms with Crippen molar-refractivity contribution < 1.29 is 36.6 Å². The SMILES string of the molecule is COCC(O)CNC(=O)c1c(F)c(F)c(F)c(F)c1F. The number of hydrogen-bond donors (Lipinski definition) is 2. The van der Waals surface area contributed by atoms with Crippen LogP contribution in [0.15, 0.2) is 0 Å². The van der Waals surface area contributed by atoms with E-state index in [9.17, 15) is 31.9 Å². The van der Waals surface area contributed by atoms with Crippen molar-refractivity contribution in [1.82, 2.24) is 5.32 Å². The quantitative estimate of drug-likeness (QED) is 0.487. The van der Waals surface area contributed by atoms with Crippen molar-refractivity contribution in [2.75, 3.05) is 20.3 Å². The third kappa shape index (κ3) is 3.23. The van der Waals surface area contributed by atoms with Crippen molar-refractivity contribution in [3.05, 3.63) is 34.6 Å². The van der Waals surface area contributed by atoms with Gasteiger partial charge >= 0.3 is 0 Å². The molecule has 0 aliphatic carbocycles. The molecule has 0 fully saturated rings. The summed E-state index contributed by atoms with van der Waals surface area (Å²) >= 11 is 0. The van der Waals surface area contributed by atoms with Crippen LogP contribution < -0.4 is 5.32 Å². The Balaban J connectivity index is 3.00. The molecule has 1 aromatic rings. The monoisotopic (exact) mass is 299 g/mol. The van der Waals surface area contributed by atoms with Crippen LogP contribution in [-0.2, 0) is 4.74 Å². The summed E-state index contributed by atoms with van der Waals surface area (Å²) in [6, 6.07) is 0. The number of hydrogen-bond acceptors (Lipinski definition) is 3. The predicted molar refractivity (Wildman–Crippen MR) is 56.4 cm³/mol. The lowest BCUT2D eigenvalue weighted by Crippen LogP contribution is -2.35. The summed E-state index contributed by atoms with van der Waals surface area (Å²) in [4.78, 5) is 11.4. The summed E-state index contributed by atoms with van der Waals surface area (Å²) in [6.07, 6.45) is -1.19. The first-order valence-corrected chi connectivity index (χ1v) is 5.27. The molecular weight excluding hydrogens is 289 g/mol. The Morgan fingerprint density at radius 2 is 1.55 bits per heavy atom. The van der Waals surface area contributed by atoms with Gasteiger partial charge in [-0.3, -0.25) is 4.79 Å². The molecule has 112 valence electrons. The number of ether oxygens (including phenoxy) is 1. The molecule has 9 heteroatoms. The Bertz CT molecular complexity index is 494. The second-order valence-corrected chi connectivity index (χ2v) is 3.76. The van der Waals surface area contributed by atoms with Crippen LogP contribution in [0.3, 0.4) is 0 Å². The number of aliphatic hydroxyl groups excluding tert-OH is 1. The second-order valence-electron chi connectivity index (χ2n) is 3.76. The zero-order valence-corrected chi connectivity index (χ0v) is 10.1. The van der Waals surface area contributed by atoms with E-state index in [0.29, 0.717) is 0 Å². The minimum absolute atomic E-state index is 0.183. The lowest BCUT2D eigenvalue weighted by atomic mass is 10.1. The van der Waals surface area contributed by atoms with E-state index in [1.165, 1.54) is 7.11 Å². The van der Waals surface area contributed by atoms with Crippen molar-refractivity contribution in [3.8, 4) is 0 Å². The Hall–Kier alpha value is -1.74. The van der Waals surface area contributed by atoms with Gasteiger partial charge in [0.15, 0.2) is 23.3 Å². The normalized spacial score (nSPS) is 12.3. The third-order valence-corrected chi connectivity index (χ3v) is 2.29. The van der Waals surface area contributed by atoms with Crippen LogP contribution in [0.25, 0.3) is 0 Å². The fourth-order valence-corrected chi connectivity index (χ4v) is 1.35. The third-order valence-electron chi connectivity index (χ3n) is 2.29. The Labute approximate surface area is 110 Å². The molecule has 2 N–H and O–H groups in total. The number of nitrogens with one attached hydrogen (secondary N) is 1. The number of rotatable bonds is 5. The van der Waals surface area contributed by atoms with E-state index in [2.05, 4.69) is 4.74 Å². The fourth-order valence-electron chi connectivity index (χ4n) is 1.35. The molecular formula is C11H10F5NO3. The Morgan fingerprint density at radius 3 is 2.00 bits per heavy atom. The first-order chi connectivity index (χ1) is 9.31. The van der Waals surface area contributed by atoms with Crippen molar-refractivity contribution in [2.45, 2.75) is 6.10 Å². The van der Waals surface area contributed by atoms with E-state index in [1.807, 2.05) is 5.32 Å². The molecule has 0 spiro atoms. The minimum Gasteiger partial charge on any atom is -0.389 e. The van der Waals surface area contributed by atoms with Gasteiger partial charge in [-0.05, 0) is 0 Å².